The minimum atomic E-state index is 0.338. The number of hydrogen-bond acceptors (Lipinski definition) is 1. The molecule has 1 aliphatic heterocycles. The Bertz CT molecular complexity index is 353. The van der Waals surface area contributed by atoms with Gasteiger partial charge < -0.3 is 0 Å². The summed E-state index contributed by atoms with van der Waals surface area (Å²) in [6, 6.07) is 0. The third kappa shape index (κ3) is 2.99. The van der Waals surface area contributed by atoms with E-state index in [9.17, 15) is 0 Å². The van der Waals surface area contributed by atoms with E-state index in [0.717, 1.165) is 17.8 Å². The molecule has 2 rings (SSSR count). The average Bonchev–Trinajstić information content (AvgIpc) is 2.04. The third-order valence-corrected chi connectivity index (χ3v) is 7.89. The Morgan fingerprint density at radius 1 is 0.591 bits per heavy atom. The van der Waals surface area contributed by atoms with Crippen molar-refractivity contribution in [3.63, 3.8) is 0 Å². The van der Waals surface area contributed by atoms with Crippen LogP contribution in [0.4, 0.5) is 0 Å². The van der Waals surface area contributed by atoms with E-state index in [1.807, 2.05) is 0 Å². The molecular formula is C21H41N. The lowest BCUT2D eigenvalue weighted by Crippen LogP contribution is -2.63. The second kappa shape index (κ2) is 5.23. The monoisotopic (exact) mass is 307 g/mol. The minimum absolute atomic E-state index is 0.338. The maximum atomic E-state index is 2.65. The van der Waals surface area contributed by atoms with Gasteiger partial charge in [0.1, 0.15) is 0 Å². The van der Waals surface area contributed by atoms with Crippen molar-refractivity contribution in [2.24, 2.45) is 34.0 Å². The van der Waals surface area contributed by atoms with E-state index >= 15 is 0 Å². The molecule has 0 aromatic rings. The molecule has 0 aromatic carbocycles. The smallest absolute Gasteiger partial charge is 0.0125 e. The molecule has 1 saturated carbocycles. The average molecular weight is 308 g/mol. The third-order valence-electron chi connectivity index (χ3n) is 7.89. The summed E-state index contributed by atoms with van der Waals surface area (Å²) in [6.45, 7) is 27.1. The van der Waals surface area contributed by atoms with Crippen LogP contribution in [0.2, 0.25) is 0 Å². The fourth-order valence-corrected chi connectivity index (χ4v) is 4.45. The zero-order chi connectivity index (χ0) is 17.1. The van der Waals surface area contributed by atoms with Gasteiger partial charge in [-0.15, -0.1) is 0 Å². The standard InChI is InChI=1S/C21H41N/c1-18(2,3)15-11-16(12-15)20(7,8)21(9,10)17-13-22(14-17)19(4,5)6/h15-17H,11-14H2,1-10H3. The molecule has 2 aliphatic rings. The van der Waals surface area contributed by atoms with Crippen LogP contribution < -0.4 is 0 Å². The summed E-state index contributed by atoms with van der Waals surface area (Å²) in [5.74, 6) is 2.70. The summed E-state index contributed by atoms with van der Waals surface area (Å²) in [6.07, 6.45) is 2.88. The maximum Gasteiger partial charge on any atom is 0.0125 e. The Hall–Kier alpha value is -0.0400. The first kappa shape index (κ1) is 18.3. The summed E-state index contributed by atoms with van der Waals surface area (Å²) >= 11 is 0. The highest BCUT2D eigenvalue weighted by Crippen LogP contribution is 2.60. The van der Waals surface area contributed by atoms with Crippen molar-refractivity contribution in [3.8, 4) is 0 Å². The van der Waals surface area contributed by atoms with Crippen molar-refractivity contribution in [2.45, 2.75) is 87.6 Å². The van der Waals surface area contributed by atoms with Crippen LogP contribution in [0.15, 0.2) is 0 Å². The first-order chi connectivity index (χ1) is 9.67. The molecule has 0 N–H and O–H groups in total. The van der Waals surface area contributed by atoms with Gasteiger partial charge in [0.2, 0.25) is 0 Å². The number of rotatable bonds is 3. The Kier molecular flexibility index (Phi) is 4.35. The fraction of sp³-hybridized carbons (Fsp3) is 1.00. The molecule has 0 bridgehead atoms. The van der Waals surface area contributed by atoms with Crippen molar-refractivity contribution in [2.75, 3.05) is 13.1 Å². The molecule has 0 aromatic heterocycles. The molecule has 1 saturated heterocycles. The zero-order valence-electron chi connectivity index (χ0n) is 17.0. The van der Waals surface area contributed by atoms with Gasteiger partial charge in [0.05, 0.1) is 0 Å². The molecule has 1 nitrogen and oxygen atoms in total. The van der Waals surface area contributed by atoms with Gasteiger partial charge in [0.25, 0.3) is 0 Å². The topological polar surface area (TPSA) is 3.24 Å². The molecule has 0 unspecified atom stereocenters. The highest BCUT2D eigenvalue weighted by Gasteiger charge is 2.55. The molecule has 1 aliphatic carbocycles. The molecular weight excluding hydrogens is 266 g/mol. The minimum Gasteiger partial charge on any atom is -0.298 e. The van der Waals surface area contributed by atoms with E-state index in [2.05, 4.69) is 74.1 Å². The SMILES string of the molecule is CC(C)(C)C1CC(C(C)(C)C(C)(C)C2CN(C(C)(C)C)C2)C1. The summed E-state index contributed by atoms with van der Waals surface area (Å²) in [5, 5.41) is 0. The van der Waals surface area contributed by atoms with Crippen molar-refractivity contribution >= 4 is 0 Å². The number of nitrogens with zero attached hydrogens (tertiary/aromatic N) is 1. The van der Waals surface area contributed by atoms with Gasteiger partial charge in [0.15, 0.2) is 0 Å². The van der Waals surface area contributed by atoms with Crippen LogP contribution in [-0.4, -0.2) is 23.5 Å². The van der Waals surface area contributed by atoms with Crippen LogP contribution in [0.1, 0.15) is 82.1 Å². The van der Waals surface area contributed by atoms with Crippen molar-refractivity contribution in [1.82, 2.24) is 4.90 Å². The summed E-state index contributed by atoms with van der Waals surface area (Å²) in [5.41, 5.74) is 1.71. The fourth-order valence-electron chi connectivity index (χ4n) is 4.45. The largest absolute Gasteiger partial charge is 0.298 e. The van der Waals surface area contributed by atoms with E-state index in [0.29, 0.717) is 21.8 Å². The highest BCUT2D eigenvalue weighted by atomic mass is 15.2. The second-order valence-electron chi connectivity index (χ2n) is 11.4. The van der Waals surface area contributed by atoms with Crippen LogP contribution in [0.5, 0.6) is 0 Å². The predicted molar refractivity (Wildman–Crippen MR) is 98.0 cm³/mol. The van der Waals surface area contributed by atoms with E-state index in [1.54, 1.807) is 0 Å². The predicted octanol–water partition coefficient (Wildman–Crippen LogP) is 5.84. The molecule has 2 fully saturated rings. The molecule has 22 heavy (non-hydrogen) atoms. The molecule has 0 amide bonds. The van der Waals surface area contributed by atoms with Gasteiger partial charge in [-0.2, -0.15) is 0 Å². The Morgan fingerprint density at radius 3 is 1.36 bits per heavy atom. The lowest BCUT2D eigenvalue weighted by Gasteiger charge is -2.62. The normalized spacial score (nSPS) is 29.2. The first-order valence-electron chi connectivity index (χ1n) is 9.42. The quantitative estimate of drug-likeness (QED) is 0.633. The van der Waals surface area contributed by atoms with E-state index < -0.39 is 0 Å². The Labute approximate surface area is 140 Å². The Balaban J connectivity index is 1.98. The van der Waals surface area contributed by atoms with E-state index in [-0.39, 0.29) is 0 Å². The van der Waals surface area contributed by atoms with Crippen LogP contribution in [0.25, 0.3) is 0 Å². The lowest BCUT2D eigenvalue weighted by molar-refractivity contribution is -0.132. The van der Waals surface area contributed by atoms with Gasteiger partial charge in [-0.05, 0) is 67.6 Å². The van der Waals surface area contributed by atoms with Crippen LogP contribution >= 0.6 is 0 Å². The van der Waals surface area contributed by atoms with E-state index in [1.165, 1.54) is 25.9 Å². The van der Waals surface area contributed by atoms with Gasteiger partial charge in [0, 0.05) is 18.6 Å². The van der Waals surface area contributed by atoms with Crippen LogP contribution in [0.3, 0.4) is 0 Å². The molecule has 0 radical (unpaired) electrons. The van der Waals surface area contributed by atoms with Crippen molar-refractivity contribution in [3.05, 3.63) is 0 Å². The zero-order valence-corrected chi connectivity index (χ0v) is 17.0. The summed E-state index contributed by atoms with van der Waals surface area (Å²) in [7, 11) is 0. The molecule has 0 atom stereocenters. The highest BCUT2D eigenvalue weighted by molar-refractivity contribution is 5.05. The molecule has 1 heterocycles. The first-order valence-corrected chi connectivity index (χ1v) is 9.42. The van der Waals surface area contributed by atoms with Gasteiger partial charge in [-0.25, -0.2) is 0 Å². The van der Waals surface area contributed by atoms with Crippen LogP contribution in [-0.2, 0) is 0 Å². The van der Waals surface area contributed by atoms with Gasteiger partial charge in [-0.1, -0.05) is 48.5 Å². The molecule has 130 valence electrons. The van der Waals surface area contributed by atoms with Gasteiger partial charge in [-0.3, -0.25) is 4.90 Å². The number of hydrogen-bond donors (Lipinski definition) is 0. The molecule has 0 spiro atoms. The van der Waals surface area contributed by atoms with Crippen LogP contribution in [0, 0.1) is 34.0 Å². The van der Waals surface area contributed by atoms with Crippen molar-refractivity contribution < 1.29 is 0 Å². The summed E-state index contributed by atoms with van der Waals surface area (Å²) < 4.78 is 0. The number of likely N-dealkylation sites (tertiary alicyclic amines) is 1. The summed E-state index contributed by atoms with van der Waals surface area (Å²) in [4.78, 5) is 2.65. The Morgan fingerprint density at radius 2 is 1.00 bits per heavy atom. The second-order valence-corrected chi connectivity index (χ2v) is 11.4. The lowest BCUT2D eigenvalue weighted by atomic mass is 9.47. The van der Waals surface area contributed by atoms with Gasteiger partial charge >= 0.3 is 0 Å². The van der Waals surface area contributed by atoms with E-state index in [4.69, 9.17) is 0 Å². The maximum absolute atomic E-state index is 2.65. The molecule has 1 heteroatoms. The van der Waals surface area contributed by atoms with Crippen molar-refractivity contribution in [1.29, 1.82) is 0 Å².